The third-order valence-corrected chi connectivity index (χ3v) is 4.15. The summed E-state index contributed by atoms with van der Waals surface area (Å²) in [7, 11) is 0. The van der Waals surface area contributed by atoms with Gasteiger partial charge in [0.2, 0.25) is 5.91 Å². The van der Waals surface area contributed by atoms with Gasteiger partial charge in [-0.15, -0.1) is 0 Å². The van der Waals surface area contributed by atoms with Gasteiger partial charge in [-0.05, 0) is 12.8 Å². The number of nitrogens with zero attached hydrogens (tertiary/aromatic N) is 2. The molecule has 0 bridgehead atoms. The third kappa shape index (κ3) is 6.11. The third-order valence-electron chi connectivity index (χ3n) is 4.15. The number of nitrogens with one attached hydrogen (secondary N) is 2. The Hall–Kier alpha value is -1.73. The van der Waals surface area contributed by atoms with Gasteiger partial charge in [-0.2, -0.15) is 0 Å². The number of carbonyl (C=O) groups is 3. The molecule has 2 rings (SSSR count). The quantitative estimate of drug-likeness (QED) is 0.441. The molecule has 2 heterocycles. The van der Waals surface area contributed by atoms with Crippen molar-refractivity contribution in [3.05, 3.63) is 12.2 Å². The minimum Gasteiger partial charge on any atom is -0.355 e. The smallest absolute Gasteiger partial charge is 0.253 e. The van der Waals surface area contributed by atoms with Crippen LogP contribution in [0.15, 0.2) is 12.2 Å². The molecule has 7 heteroatoms. The van der Waals surface area contributed by atoms with Crippen LogP contribution in [0, 0.1) is 0 Å². The van der Waals surface area contributed by atoms with Gasteiger partial charge in [0.15, 0.2) is 0 Å². The Labute approximate surface area is 137 Å². The summed E-state index contributed by atoms with van der Waals surface area (Å²) >= 11 is 0. The van der Waals surface area contributed by atoms with E-state index in [9.17, 15) is 14.4 Å². The lowest BCUT2D eigenvalue weighted by atomic mass is 10.2. The van der Waals surface area contributed by atoms with E-state index in [0.717, 1.165) is 52.0 Å². The van der Waals surface area contributed by atoms with Crippen molar-refractivity contribution in [1.29, 1.82) is 0 Å². The Morgan fingerprint density at radius 3 is 2.43 bits per heavy atom. The van der Waals surface area contributed by atoms with Crippen molar-refractivity contribution in [2.45, 2.75) is 25.7 Å². The summed E-state index contributed by atoms with van der Waals surface area (Å²) in [6.45, 7) is 6.16. The van der Waals surface area contributed by atoms with Crippen LogP contribution in [0.1, 0.15) is 25.7 Å². The van der Waals surface area contributed by atoms with Crippen molar-refractivity contribution < 1.29 is 14.4 Å². The maximum absolute atomic E-state index is 11.7. The van der Waals surface area contributed by atoms with E-state index in [1.165, 1.54) is 17.1 Å². The average Bonchev–Trinajstić information content (AvgIpc) is 2.87. The molecule has 0 aromatic carbocycles. The van der Waals surface area contributed by atoms with E-state index in [1.54, 1.807) is 0 Å². The van der Waals surface area contributed by atoms with Crippen molar-refractivity contribution in [1.82, 2.24) is 20.4 Å². The van der Waals surface area contributed by atoms with Crippen LogP contribution < -0.4 is 10.6 Å². The van der Waals surface area contributed by atoms with Crippen molar-refractivity contribution in [2.24, 2.45) is 0 Å². The van der Waals surface area contributed by atoms with Crippen LogP contribution in [-0.4, -0.2) is 73.3 Å². The van der Waals surface area contributed by atoms with Crippen LogP contribution in [0.2, 0.25) is 0 Å². The van der Waals surface area contributed by atoms with Crippen LogP contribution in [-0.2, 0) is 14.4 Å². The van der Waals surface area contributed by atoms with Crippen molar-refractivity contribution in [3.8, 4) is 0 Å². The molecule has 0 atom stereocenters. The molecule has 1 fully saturated rings. The maximum Gasteiger partial charge on any atom is 0.253 e. The largest absolute Gasteiger partial charge is 0.355 e. The van der Waals surface area contributed by atoms with Crippen molar-refractivity contribution in [3.63, 3.8) is 0 Å². The molecule has 3 amide bonds. The summed E-state index contributed by atoms with van der Waals surface area (Å²) in [4.78, 5) is 38.0. The fraction of sp³-hybridized carbons (Fsp3) is 0.688. The monoisotopic (exact) mass is 322 g/mol. The first-order valence-corrected chi connectivity index (χ1v) is 8.40. The predicted octanol–water partition coefficient (Wildman–Crippen LogP) is -0.507. The number of rotatable bonds is 9. The summed E-state index contributed by atoms with van der Waals surface area (Å²) in [5.74, 6) is -0.392. The first kappa shape index (κ1) is 17.6. The number of carbonyl (C=O) groups excluding carboxylic acids is 3. The Kier molecular flexibility index (Phi) is 7.22. The topological polar surface area (TPSA) is 81.8 Å². The highest BCUT2D eigenvalue weighted by Crippen LogP contribution is 2.07. The molecule has 2 aliphatic rings. The van der Waals surface area contributed by atoms with Crippen molar-refractivity contribution >= 4 is 17.7 Å². The van der Waals surface area contributed by atoms with Gasteiger partial charge in [-0.1, -0.05) is 6.42 Å². The summed E-state index contributed by atoms with van der Waals surface area (Å²) < 4.78 is 0. The van der Waals surface area contributed by atoms with Crippen LogP contribution in [0.25, 0.3) is 0 Å². The number of amides is 3. The molecule has 2 N–H and O–H groups in total. The number of unbranched alkanes of at least 4 members (excludes halogenated alkanes) is 2. The van der Waals surface area contributed by atoms with E-state index in [1.807, 2.05) is 0 Å². The molecule has 0 spiro atoms. The fourth-order valence-electron chi connectivity index (χ4n) is 2.76. The van der Waals surface area contributed by atoms with E-state index in [2.05, 4.69) is 15.5 Å². The molecule has 0 aromatic rings. The maximum atomic E-state index is 11.7. The Morgan fingerprint density at radius 1 is 1.04 bits per heavy atom. The highest BCUT2D eigenvalue weighted by molar-refractivity contribution is 6.12. The van der Waals surface area contributed by atoms with E-state index in [0.29, 0.717) is 19.5 Å². The molecular formula is C16H26N4O3. The van der Waals surface area contributed by atoms with Crippen molar-refractivity contribution in [2.75, 3.05) is 45.8 Å². The molecule has 2 aliphatic heterocycles. The zero-order chi connectivity index (χ0) is 16.5. The lowest BCUT2D eigenvalue weighted by Crippen LogP contribution is -2.46. The zero-order valence-corrected chi connectivity index (χ0v) is 13.6. The minimum absolute atomic E-state index is 0.0788. The highest BCUT2D eigenvalue weighted by Gasteiger charge is 2.22. The molecular weight excluding hydrogens is 296 g/mol. The van der Waals surface area contributed by atoms with E-state index < -0.39 is 0 Å². The standard InChI is InChI=1S/C16H26N4O3/c21-14(18-9-13-19-11-7-17-8-12-19)4-2-1-3-10-20-15(22)5-6-16(20)23/h5-6,17H,1-4,7-13H2,(H,18,21). The summed E-state index contributed by atoms with van der Waals surface area (Å²) in [5, 5.41) is 6.25. The van der Waals surface area contributed by atoms with Gasteiger partial charge in [-0.25, -0.2) is 0 Å². The summed E-state index contributed by atoms with van der Waals surface area (Å²) in [5.41, 5.74) is 0. The van der Waals surface area contributed by atoms with E-state index in [4.69, 9.17) is 0 Å². The first-order valence-electron chi connectivity index (χ1n) is 8.40. The summed E-state index contributed by atoms with van der Waals surface area (Å²) in [6, 6.07) is 0. The molecule has 0 unspecified atom stereocenters. The van der Waals surface area contributed by atoms with Gasteiger partial charge in [0.1, 0.15) is 0 Å². The van der Waals surface area contributed by atoms with Gasteiger partial charge < -0.3 is 10.6 Å². The summed E-state index contributed by atoms with van der Waals surface area (Å²) in [6.07, 6.45) is 5.46. The second-order valence-corrected chi connectivity index (χ2v) is 5.91. The lowest BCUT2D eigenvalue weighted by Gasteiger charge is -2.27. The molecule has 0 aromatic heterocycles. The Bertz CT molecular complexity index is 440. The lowest BCUT2D eigenvalue weighted by molar-refractivity contribution is -0.136. The molecule has 128 valence electrons. The van der Waals surface area contributed by atoms with Crippen LogP contribution in [0.5, 0.6) is 0 Å². The number of hydrogen-bond donors (Lipinski definition) is 2. The van der Waals surface area contributed by atoms with Gasteiger partial charge in [0.05, 0.1) is 0 Å². The molecule has 0 aliphatic carbocycles. The number of piperazine rings is 1. The normalized spacial score (nSPS) is 18.7. The molecule has 0 radical (unpaired) electrons. The SMILES string of the molecule is O=C(CCCCCN1C(=O)C=CC1=O)NCCN1CCNCC1. The zero-order valence-electron chi connectivity index (χ0n) is 13.6. The predicted molar refractivity (Wildman–Crippen MR) is 86.6 cm³/mol. The Morgan fingerprint density at radius 2 is 1.74 bits per heavy atom. The van der Waals surface area contributed by atoms with E-state index >= 15 is 0 Å². The average molecular weight is 322 g/mol. The van der Waals surface area contributed by atoms with Crippen LogP contribution in [0.3, 0.4) is 0 Å². The minimum atomic E-state index is -0.236. The van der Waals surface area contributed by atoms with E-state index in [-0.39, 0.29) is 17.7 Å². The molecule has 1 saturated heterocycles. The number of hydrogen-bond acceptors (Lipinski definition) is 5. The highest BCUT2D eigenvalue weighted by atomic mass is 16.2. The van der Waals surface area contributed by atoms with Gasteiger partial charge in [0, 0.05) is 64.4 Å². The molecule has 7 nitrogen and oxygen atoms in total. The van der Waals surface area contributed by atoms with Gasteiger partial charge in [-0.3, -0.25) is 24.2 Å². The van der Waals surface area contributed by atoms with Crippen LogP contribution in [0.4, 0.5) is 0 Å². The fourth-order valence-corrected chi connectivity index (χ4v) is 2.76. The van der Waals surface area contributed by atoms with Gasteiger partial charge in [0.25, 0.3) is 11.8 Å². The van der Waals surface area contributed by atoms with Crippen LogP contribution >= 0.6 is 0 Å². The molecule has 0 saturated carbocycles. The van der Waals surface area contributed by atoms with Gasteiger partial charge >= 0.3 is 0 Å². The number of imide groups is 1. The Balaban J connectivity index is 1.45. The first-order chi connectivity index (χ1) is 11.2. The second-order valence-electron chi connectivity index (χ2n) is 5.91. The molecule has 23 heavy (non-hydrogen) atoms. The second kappa shape index (κ2) is 9.42.